The Bertz CT molecular complexity index is 693. The Morgan fingerprint density at radius 2 is 1.65 bits per heavy atom. The van der Waals surface area contributed by atoms with Crippen LogP contribution < -0.4 is 0 Å². The molecule has 2 rings (SSSR count). The molecule has 0 fully saturated rings. The van der Waals surface area contributed by atoms with Gasteiger partial charge in [0.25, 0.3) is 0 Å². The van der Waals surface area contributed by atoms with Crippen LogP contribution in [0.25, 0.3) is 11.6 Å². The van der Waals surface area contributed by atoms with E-state index < -0.39 is 5.97 Å². The fourth-order valence-corrected chi connectivity index (χ4v) is 2.17. The van der Waals surface area contributed by atoms with Crippen molar-refractivity contribution >= 4 is 52.4 Å². The van der Waals surface area contributed by atoms with Crippen LogP contribution in [0, 0.1) is 0 Å². The van der Waals surface area contributed by atoms with Crippen molar-refractivity contribution < 1.29 is 9.90 Å². The number of carboxylic acid groups (broad SMARTS) is 1. The van der Waals surface area contributed by atoms with Crippen molar-refractivity contribution in [1.82, 2.24) is 0 Å². The van der Waals surface area contributed by atoms with Gasteiger partial charge in [-0.05, 0) is 35.4 Å². The molecule has 102 valence electrons. The highest BCUT2D eigenvalue weighted by Crippen LogP contribution is 2.28. The Morgan fingerprint density at radius 3 is 2.25 bits per heavy atom. The lowest BCUT2D eigenvalue weighted by Crippen LogP contribution is -1.99. The second-order valence-electron chi connectivity index (χ2n) is 4.01. The van der Waals surface area contributed by atoms with Gasteiger partial charge in [0.2, 0.25) is 0 Å². The molecule has 0 aliphatic heterocycles. The molecule has 0 bridgehead atoms. The Hall–Kier alpha value is -1.48. The average Bonchev–Trinajstić information content (AvgIpc) is 2.41. The van der Waals surface area contributed by atoms with E-state index in [1.54, 1.807) is 36.4 Å². The van der Waals surface area contributed by atoms with Crippen molar-refractivity contribution in [3.05, 3.63) is 68.7 Å². The normalized spacial score (nSPS) is 11.4. The Labute approximate surface area is 131 Å². The molecule has 2 nitrogen and oxygen atoms in total. The van der Waals surface area contributed by atoms with Gasteiger partial charge in [-0.25, -0.2) is 4.79 Å². The highest BCUT2D eigenvalue weighted by Gasteiger charge is 2.13. The summed E-state index contributed by atoms with van der Waals surface area (Å²) in [7, 11) is 0. The van der Waals surface area contributed by atoms with E-state index in [-0.39, 0.29) is 5.57 Å². The minimum Gasteiger partial charge on any atom is -0.478 e. The van der Waals surface area contributed by atoms with Gasteiger partial charge in [0.15, 0.2) is 0 Å². The van der Waals surface area contributed by atoms with Crippen molar-refractivity contribution in [2.24, 2.45) is 0 Å². The molecule has 0 radical (unpaired) electrons. The molecule has 0 spiro atoms. The lowest BCUT2D eigenvalue weighted by molar-refractivity contribution is -0.130. The maximum absolute atomic E-state index is 11.4. The van der Waals surface area contributed by atoms with Crippen molar-refractivity contribution in [2.45, 2.75) is 0 Å². The van der Waals surface area contributed by atoms with E-state index in [9.17, 15) is 9.90 Å². The third-order valence-electron chi connectivity index (χ3n) is 2.67. The van der Waals surface area contributed by atoms with E-state index in [2.05, 4.69) is 0 Å². The van der Waals surface area contributed by atoms with Crippen LogP contribution in [0.3, 0.4) is 0 Å². The first-order valence-electron chi connectivity index (χ1n) is 5.64. The smallest absolute Gasteiger partial charge is 0.336 e. The van der Waals surface area contributed by atoms with Crippen molar-refractivity contribution in [2.75, 3.05) is 0 Å². The van der Waals surface area contributed by atoms with Crippen LogP contribution in [0.2, 0.25) is 15.1 Å². The Kier molecular flexibility index (Phi) is 4.71. The number of aliphatic carboxylic acids is 1. The van der Waals surface area contributed by atoms with Crippen molar-refractivity contribution in [3.63, 3.8) is 0 Å². The van der Waals surface area contributed by atoms with Crippen LogP contribution in [0.5, 0.6) is 0 Å². The summed E-state index contributed by atoms with van der Waals surface area (Å²) in [5.41, 5.74) is 1.18. The molecule has 2 aromatic rings. The standard InChI is InChI=1S/C15H9Cl3O2/c16-12-4-2-1-3-10(12)7-11(15(19)20)9-5-6-13(17)14(18)8-9/h1-8H,(H,19,20). The van der Waals surface area contributed by atoms with Crippen LogP contribution in [0.15, 0.2) is 42.5 Å². The zero-order valence-corrected chi connectivity index (χ0v) is 12.4. The number of benzene rings is 2. The van der Waals surface area contributed by atoms with E-state index in [0.717, 1.165) is 0 Å². The second kappa shape index (κ2) is 6.31. The molecule has 20 heavy (non-hydrogen) atoms. The Morgan fingerprint density at radius 1 is 0.950 bits per heavy atom. The summed E-state index contributed by atoms with van der Waals surface area (Å²) in [6, 6.07) is 11.7. The van der Waals surface area contributed by atoms with Gasteiger partial charge in [-0.15, -0.1) is 0 Å². The SMILES string of the molecule is O=C(O)C(=Cc1ccccc1Cl)c1ccc(Cl)c(Cl)c1. The fourth-order valence-electron chi connectivity index (χ4n) is 1.68. The molecule has 0 heterocycles. The minimum absolute atomic E-state index is 0.0941. The van der Waals surface area contributed by atoms with Gasteiger partial charge in [-0.3, -0.25) is 0 Å². The van der Waals surface area contributed by atoms with Gasteiger partial charge in [-0.1, -0.05) is 59.1 Å². The van der Waals surface area contributed by atoms with E-state index in [1.807, 2.05) is 0 Å². The Balaban J connectivity index is 2.54. The molecule has 5 heteroatoms. The summed E-state index contributed by atoms with van der Waals surface area (Å²) in [5.74, 6) is -1.07. The number of rotatable bonds is 3. The van der Waals surface area contributed by atoms with Gasteiger partial charge in [0.1, 0.15) is 0 Å². The number of halogens is 3. The second-order valence-corrected chi connectivity index (χ2v) is 5.24. The van der Waals surface area contributed by atoms with E-state index in [4.69, 9.17) is 34.8 Å². The van der Waals surface area contributed by atoms with Crippen LogP contribution in [-0.2, 0) is 4.79 Å². The first-order valence-corrected chi connectivity index (χ1v) is 6.77. The van der Waals surface area contributed by atoms with Crippen molar-refractivity contribution in [3.8, 4) is 0 Å². The van der Waals surface area contributed by atoms with Gasteiger partial charge < -0.3 is 5.11 Å². The molecular formula is C15H9Cl3O2. The predicted octanol–water partition coefficient (Wildman–Crippen LogP) is 5.27. The lowest BCUT2D eigenvalue weighted by Gasteiger charge is -2.06. The molecule has 2 aromatic carbocycles. The fraction of sp³-hybridized carbons (Fsp3) is 0. The molecule has 0 atom stereocenters. The summed E-state index contributed by atoms with van der Waals surface area (Å²) in [4.78, 5) is 11.4. The summed E-state index contributed by atoms with van der Waals surface area (Å²) in [6.45, 7) is 0. The van der Waals surface area contributed by atoms with Crippen molar-refractivity contribution in [1.29, 1.82) is 0 Å². The molecule has 1 N–H and O–H groups in total. The summed E-state index contributed by atoms with van der Waals surface area (Å²) in [5, 5.41) is 10.5. The molecule has 0 aliphatic rings. The third kappa shape index (κ3) is 3.34. The number of hydrogen-bond acceptors (Lipinski definition) is 1. The van der Waals surface area contributed by atoms with E-state index >= 15 is 0 Å². The highest BCUT2D eigenvalue weighted by atomic mass is 35.5. The predicted molar refractivity (Wildman–Crippen MR) is 83.4 cm³/mol. The van der Waals surface area contributed by atoms with Crippen LogP contribution in [0.4, 0.5) is 0 Å². The number of carbonyl (C=O) groups is 1. The maximum atomic E-state index is 11.4. The largest absolute Gasteiger partial charge is 0.478 e. The zero-order valence-electron chi connectivity index (χ0n) is 10.1. The van der Waals surface area contributed by atoms with E-state index in [1.165, 1.54) is 12.1 Å². The lowest BCUT2D eigenvalue weighted by atomic mass is 10.0. The van der Waals surface area contributed by atoms with Gasteiger partial charge >= 0.3 is 5.97 Å². The quantitative estimate of drug-likeness (QED) is 0.616. The van der Waals surface area contributed by atoms with Gasteiger partial charge in [0, 0.05) is 5.02 Å². The van der Waals surface area contributed by atoms with Gasteiger partial charge in [-0.2, -0.15) is 0 Å². The minimum atomic E-state index is -1.07. The molecule has 0 saturated carbocycles. The topological polar surface area (TPSA) is 37.3 Å². The van der Waals surface area contributed by atoms with E-state index in [0.29, 0.717) is 26.2 Å². The van der Waals surface area contributed by atoms with Gasteiger partial charge in [0.05, 0.1) is 15.6 Å². The monoisotopic (exact) mass is 326 g/mol. The zero-order chi connectivity index (χ0) is 14.7. The highest BCUT2D eigenvalue weighted by molar-refractivity contribution is 6.42. The number of hydrogen-bond donors (Lipinski definition) is 1. The number of carboxylic acids is 1. The molecule has 0 saturated heterocycles. The molecule has 0 amide bonds. The first kappa shape index (κ1) is 14.9. The van der Waals surface area contributed by atoms with Crippen LogP contribution >= 0.6 is 34.8 Å². The molecule has 0 aliphatic carbocycles. The van der Waals surface area contributed by atoms with Crippen LogP contribution in [0.1, 0.15) is 11.1 Å². The average molecular weight is 328 g/mol. The summed E-state index contributed by atoms with van der Waals surface area (Å²) < 4.78 is 0. The molecule has 0 unspecified atom stereocenters. The first-order chi connectivity index (χ1) is 9.49. The van der Waals surface area contributed by atoms with Crippen LogP contribution in [-0.4, -0.2) is 11.1 Å². The summed E-state index contributed by atoms with van der Waals surface area (Å²) in [6.07, 6.45) is 1.50. The summed E-state index contributed by atoms with van der Waals surface area (Å²) >= 11 is 17.8. The molecular weight excluding hydrogens is 319 g/mol. The third-order valence-corrected chi connectivity index (χ3v) is 3.75. The maximum Gasteiger partial charge on any atom is 0.336 e. The molecule has 0 aromatic heterocycles.